The summed E-state index contributed by atoms with van der Waals surface area (Å²) < 4.78 is 14.4. The van der Waals surface area contributed by atoms with E-state index in [1.54, 1.807) is 42.6 Å². The zero-order valence-corrected chi connectivity index (χ0v) is 13.1. The molecule has 0 saturated heterocycles. The van der Waals surface area contributed by atoms with Crippen LogP contribution in [0.5, 0.6) is 0 Å². The Morgan fingerprint density at radius 1 is 1.09 bits per heavy atom. The van der Waals surface area contributed by atoms with E-state index in [0.717, 1.165) is 0 Å². The Morgan fingerprint density at radius 2 is 1.83 bits per heavy atom. The van der Waals surface area contributed by atoms with Gasteiger partial charge in [0.25, 0.3) is 5.91 Å². The number of anilines is 1. The maximum absolute atomic E-state index is 12.9. The van der Waals surface area contributed by atoms with E-state index in [9.17, 15) is 9.18 Å². The molecule has 0 aliphatic rings. The number of halogens is 3. The van der Waals surface area contributed by atoms with Gasteiger partial charge in [-0.1, -0.05) is 23.2 Å². The number of hydrogen-bond acceptors (Lipinski definition) is 2. The maximum Gasteiger partial charge on any atom is 0.276 e. The molecule has 0 aliphatic heterocycles. The van der Waals surface area contributed by atoms with Crippen LogP contribution in [0.25, 0.3) is 5.69 Å². The molecule has 0 saturated carbocycles. The number of nitrogens with one attached hydrogen (secondary N) is 1. The van der Waals surface area contributed by atoms with Crippen molar-refractivity contribution in [1.82, 2.24) is 9.78 Å². The molecule has 2 aromatic carbocycles. The van der Waals surface area contributed by atoms with Crippen LogP contribution in [0, 0.1) is 5.82 Å². The first kappa shape index (κ1) is 15.5. The molecule has 0 unspecified atom stereocenters. The summed E-state index contributed by atoms with van der Waals surface area (Å²) in [5.74, 6) is -0.760. The molecule has 3 aromatic rings. The van der Waals surface area contributed by atoms with Crippen molar-refractivity contribution in [3.8, 4) is 5.69 Å². The van der Waals surface area contributed by atoms with Crippen LogP contribution in [0.15, 0.2) is 54.7 Å². The zero-order valence-electron chi connectivity index (χ0n) is 11.6. The number of aromatic nitrogens is 2. The molecule has 1 heterocycles. The Balaban J connectivity index is 1.81. The largest absolute Gasteiger partial charge is 0.319 e. The first-order valence-electron chi connectivity index (χ1n) is 6.61. The number of carbonyl (C=O) groups is 1. The standard InChI is InChI=1S/C16H10Cl2FN3O/c17-10-1-6-13(18)15(9-10)20-16(23)14-7-8-22(21-14)12-4-2-11(19)3-5-12/h1-9H,(H,20,23). The lowest BCUT2D eigenvalue weighted by molar-refractivity contribution is 0.102. The summed E-state index contributed by atoms with van der Waals surface area (Å²) in [6.07, 6.45) is 1.61. The second kappa shape index (κ2) is 6.40. The minimum Gasteiger partial charge on any atom is -0.319 e. The van der Waals surface area contributed by atoms with Gasteiger partial charge in [-0.2, -0.15) is 5.10 Å². The van der Waals surface area contributed by atoms with Crippen LogP contribution in [-0.2, 0) is 0 Å². The fraction of sp³-hybridized carbons (Fsp3) is 0. The molecular weight excluding hydrogens is 340 g/mol. The first-order chi connectivity index (χ1) is 11.0. The molecule has 1 N–H and O–H groups in total. The van der Waals surface area contributed by atoms with Gasteiger partial charge in [-0.3, -0.25) is 4.79 Å². The van der Waals surface area contributed by atoms with Crippen LogP contribution in [0.1, 0.15) is 10.5 Å². The van der Waals surface area contributed by atoms with Gasteiger partial charge in [0.2, 0.25) is 0 Å². The monoisotopic (exact) mass is 349 g/mol. The highest BCUT2D eigenvalue weighted by Crippen LogP contribution is 2.25. The average molecular weight is 350 g/mol. The SMILES string of the molecule is O=C(Nc1cc(Cl)ccc1Cl)c1ccn(-c2ccc(F)cc2)n1. The lowest BCUT2D eigenvalue weighted by Crippen LogP contribution is -2.13. The van der Waals surface area contributed by atoms with Crippen LogP contribution in [0.3, 0.4) is 0 Å². The molecule has 0 fully saturated rings. The van der Waals surface area contributed by atoms with E-state index < -0.39 is 5.91 Å². The maximum atomic E-state index is 12.9. The van der Waals surface area contributed by atoms with Crippen molar-refractivity contribution in [2.45, 2.75) is 0 Å². The van der Waals surface area contributed by atoms with Crippen LogP contribution in [0.2, 0.25) is 10.0 Å². The molecule has 7 heteroatoms. The number of benzene rings is 2. The van der Waals surface area contributed by atoms with Crippen molar-refractivity contribution in [2.75, 3.05) is 5.32 Å². The molecule has 0 aliphatic carbocycles. The van der Waals surface area contributed by atoms with Gasteiger partial charge in [0.1, 0.15) is 5.82 Å². The van der Waals surface area contributed by atoms with E-state index in [0.29, 0.717) is 21.4 Å². The van der Waals surface area contributed by atoms with E-state index >= 15 is 0 Å². The summed E-state index contributed by atoms with van der Waals surface area (Å²) >= 11 is 11.9. The van der Waals surface area contributed by atoms with Crippen LogP contribution < -0.4 is 5.32 Å². The van der Waals surface area contributed by atoms with Gasteiger partial charge in [-0.15, -0.1) is 0 Å². The summed E-state index contributed by atoms with van der Waals surface area (Å²) in [6, 6.07) is 12.1. The van der Waals surface area contributed by atoms with E-state index in [4.69, 9.17) is 23.2 Å². The van der Waals surface area contributed by atoms with Crippen molar-refractivity contribution in [2.24, 2.45) is 0 Å². The van der Waals surface area contributed by atoms with E-state index in [-0.39, 0.29) is 11.5 Å². The highest BCUT2D eigenvalue weighted by Gasteiger charge is 2.12. The topological polar surface area (TPSA) is 46.9 Å². The zero-order chi connectivity index (χ0) is 16.4. The van der Waals surface area contributed by atoms with Crippen LogP contribution >= 0.6 is 23.2 Å². The minimum atomic E-state index is -0.421. The molecule has 3 rings (SSSR count). The number of hydrogen-bond donors (Lipinski definition) is 1. The highest BCUT2D eigenvalue weighted by molar-refractivity contribution is 6.35. The number of nitrogens with zero attached hydrogens (tertiary/aromatic N) is 2. The third-order valence-electron chi connectivity index (χ3n) is 3.09. The molecule has 0 radical (unpaired) electrons. The van der Waals surface area contributed by atoms with Gasteiger partial charge < -0.3 is 5.32 Å². The Bertz CT molecular complexity index is 862. The van der Waals surface area contributed by atoms with E-state index in [1.165, 1.54) is 16.8 Å². The Kier molecular flexibility index (Phi) is 4.32. The summed E-state index contributed by atoms with van der Waals surface area (Å²) in [6.45, 7) is 0. The van der Waals surface area contributed by atoms with Crippen molar-refractivity contribution < 1.29 is 9.18 Å². The summed E-state index contributed by atoms with van der Waals surface area (Å²) in [4.78, 5) is 12.2. The molecule has 4 nitrogen and oxygen atoms in total. The molecule has 1 amide bonds. The third kappa shape index (κ3) is 3.52. The predicted octanol–water partition coefficient (Wildman–Crippen LogP) is 4.57. The average Bonchev–Trinajstić information content (AvgIpc) is 3.02. The van der Waals surface area contributed by atoms with Gasteiger partial charge in [0.05, 0.1) is 16.4 Å². The van der Waals surface area contributed by atoms with Crippen molar-refractivity contribution >= 4 is 34.8 Å². The van der Waals surface area contributed by atoms with Crippen molar-refractivity contribution in [3.05, 3.63) is 76.3 Å². The second-order valence-corrected chi connectivity index (χ2v) is 5.54. The Morgan fingerprint density at radius 3 is 2.57 bits per heavy atom. The van der Waals surface area contributed by atoms with Crippen molar-refractivity contribution in [1.29, 1.82) is 0 Å². The second-order valence-electron chi connectivity index (χ2n) is 4.70. The molecule has 23 heavy (non-hydrogen) atoms. The third-order valence-corrected chi connectivity index (χ3v) is 3.65. The van der Waals surface area contributed by atoms with Crippen LogP contribution in [0.4, 0.5) is 10.1 Å². The van der Waals surface area contributed by atoms with Crippen LogP contribution in [-0.4, -0.2) is 15.7 Å². The molecule has 0 atom stereocenters. The number of amides is 1. The van der Waals surface area contributed by atoms with Gasteiger partial charge in [-0.25, -0.2) is 9.07 Å². The summed E-state index contributed by atoms with van der Waals surface area (Å²) in [7, 11) is 0. The first-order valence-corrected chi connectivity index (χ1v) is 7.36. The Labute approximate surface area is 141 Å². The number of carbonyl (C=O) groups excluding carboxylic acids is 1. The summed E-state index contributed by atoms with van der Waals surface area (Å²) in [5.41, 5.74) is 1.25. The lowest BCUT2D eigenvalue weighted by Gasteiger charge is -2.06. The fourth-order valence-electron chi connectivity index (χ4n) is 1.96. The predicted molar refractivity (Wildman–Crippen MR) is 87.9 cm³/mol. The molecular formula is C16H10Cl2FN3O. The molecule has 1 aromatic heterocycles. The van der Waals surface area contributed by atoms with E-state index in [1.807, 2.05) is 0 Å². The molecule has 116 valence electrons. The molecule has 0 spiro atoms. The minimum absolute atomic E-state index is 0.199. The molecule has 0 bridgehead atoms. The van der Waals surface area contributed by atoms with Gasteiger partial charge in [0.15, 0.2) is 5.69 Å². The smallest absolute Gasteiger partial charge is 0.276 e. The van der Waals surface area contributed by atoms with E-state index in [2.05, 4.69) is 10.4 Å². The normalized spacial score (nSPS) is 10.6. The highest BCUT2D eigenvalue weighted by atomic mass is 35.5. The quantitative estimate of drug-likeness (QED) is 0.752. The van der Waals surface area contributed by atoms with Crippen molar-refractivity contribution in [3.63, 3.8) is 0 Å². The van der Waals surface area contributed by atoms with Gasteiger partial charge >= 0.3 is 0 Å². The lowest BCUT2D eigenvalue weighted by atomic mass is 10.3. The van der Waals surface area contributed by atoms with Gasteiger partial charge in [-0.05, 0) is 48.5 Å². The fourth-order valence-corrected chi connectivity index (χ4v) is 2.30. The summed E-state index contributed by atoms with van der Waals surface area (Å²) in [5, 5.41) is 7.65. The number of rotatable bonds is 3. The Hall–Kier alpha value is -2.37. The van der Waals surface area contributed by atoms with Gasteiger partial charge in [0, 0.05) is 11.2 Å².